The number of hydrogen-bond donors (Lipinski definition) is 2. The molecule has 0 amide bonds. The minimum Gasteiger partial charge on any atom is -0.481 e. The highest BCUT2D eigenvalue weighted by molar-refractivity contribution is 5.66. The Morgan fingerprint density at radius 3 is 2.60 bits per heavy atom. The quantitative estimate of drug-likeness (QED) is 0.609. The van der Waals surface area contributed by atoms with E-state index in [1.807, 2.05) is 0 Å². The molecule has 0 aromatic carbocycles. The number of carboxylic acid groups (broad SMARTS) is 1. The number of aliphatic carboxylic acids is 1. The van der Waals surface area contributed by atoms with Crippen LogP contribution in [0.3, 0.4) is 0 Å². The van der Waals surface area contributed by atoms with E-state index in [9.17, 15) is 4.79 Å². The van der Waals surface area contributed by atoms with Crippen LogP contribution >= 0.6 is 0 Å². The Bertz CT molecular complexity index is 176. The van der Waals surface area contributed by atoms with Crippen LogP contribution in [0.4, 0.5) is 0 Å². The van der Waals surface area contributed by atoms with E-state index in [4.69, 9.17) is 5.11 Å². The summed E-state index contributed by atoms with van der Waals surface area (Å²) in [6, 6.07) is 0. The molecule has 2 N–H and O–H groups in total. The Morgan fingerprint density at radius 2 is 1.93 bits per heavy atom. The smallest absolute Gasteiger partial charge is 0.303 e. The monoisotopic (exact) mass is 213 g/mol. The van der Waals surface area contributed by atoms with Crippen LogP contribution in [0.15, 0.2) is 0 Å². The highest BCUT2D eigenvalue weighted by atomic mass is 16.4. The molecule has 0 saturated heterocycles. The fourth-order valence-corrected chi connectivity index (χ4v) is 2.22. The lowest BCUT2D eigenvalue weighted by atomic mass is 10.1. The second kappa shape index (κ2) is 7.69. The second-order valence-corrected chi connectivity index (χ2v) is 4.56. The summed E-state index contributed by atoms with van der Waals surface area (Å²) in [4.78, 5) is 10.2. The average molecular weight is 213 g/mol. The van der Waals surface area contributed by atoms with Crippen LogP contribution in [0.5, 0.6) is 0 Å². The molecule has 1 fully saturated rings. The molecule has 88 valence electrons. The van der Waals surface area contributed by atoms with Crippen LogP contribution in [-0.2, 0) is 4.79 Å². The first-order valence-electron chi connectivity index (χ1n) is 6.21. The van der Waals surface area contributed by atoms with Crippen molar-refractivity contribution in [2.45, 2.75) is 51.4 Å². The van der Waals surface area contributed by atoms with E-state index < -0.39 is 5.97 Å². The van der Waals surface area contributed by atoms with Crippen molar-refractivity contribution in [3.8, 4) is 0 Å². The van der Waals surface area contributed by atoms with Gasteiger partial charge in [-0.15, -0.1) is 0 Å². The fraction of sp³-hybridized carbons (Fsp3) is 0.917. The standard InChI is InChI=1S/C12H23NO2/c14-12(15)8-2-1-5-9-13-10-11-6-3-4-7-11/h11,13H,1-10H2,(H,14,15). The minimum atomic E-state index is -0.672. The first kappa shape index (κ1) is 12.5. The van der Waals surface area contributed by atoms with E-state index in [-0.39, 0.29) is 0 Å². The first-order chi connectivity index (χ1) is 7.29. The Hall–Kier alpha value is -0.570. The van der Waals surface area contributed by atoms with Crippen LogP contribution in [0, 0.1) is 5.92 Å². The molecule has 1 aliphatic carbocycles. The number of nitrogens with one attached hydrogen (secondary N) is 1. The molecule has 0 aromatic rings. The average Bonchev–Trinajstić information content (AvgIpc) is 2.68. The van der Waals surface area contributed by atoms with Gasteiger partial charge in [-0.1, -0.05) is 19.3 Å². The molecule has 3 nitrogen and oxygen atoms in total. The van der Waals surface area contributed by atoms with Crippen LogP contribution < -0.4 is 5.32 Å². The van der Waals surface area contributed by atoms with Gasteiger partial charge in [0.2, 0.25) is 0 Å². The van der Waals surface area contributed by atoms with E-state index in [0.717, 1.165) is 31.7 Å². The molecule has 0 spiro atoms. The van der Waals surface area contributed by atoms with Crippen molar-refractivity contribution in [3.63, 3.8) is 0 Å². The van der Waals surface area contributed by atoms with E-state index >= 15 is 0 Å². The van der Waals surface area contributed by atoms with Crippen molar-refractivity contribution in [3.05, 3.63) is 0 Å². The number of hydrogen-bond acceptors (Lipinski definition) is 2. The predicted octanol–water partition coefficient (Wildman–Crippen LogP) is 2.41. The van der Waals surface area contributed by atoms with Crippen molar-refractivity contribution < 1.29 is 9.90 Å². The maximum atomic E-state index is 10.2. The van der Waals surface area contributed by atoms with Crippen molar-refractivity contribution in [2.75, 3.05) is 13.1 Å². The van der Waals surface area contributed by atoms with Gasteiger partial charge < -0.3 is 10.4 Å². The predicted molar refractivity (Wildman–Crippen MR) is 60.9 cm³/mol. The van der Waals surface area contributed by atoms with Crippen molar-refractivity contribution >= 4 is 5.97 Å². The lowest BCUT2D eigenvalue weighted by Gasteiger charge is -2.09. The topological polar surface area (TPSA) is 49.3 Å². The summed E-state index contributed by atoms with van der Waals surface area (Å²) >= 11 is 0. The van der Waals surface area contributed by atoms with Gasteiger partial charge in [0, 0.05) is 6.42 Å². The summed E-state index contributed by atoms with van der Waals surface area (Å²) in [5.74, 6) is 0.234. The van der Waals surface area contributed by atoms with Gasteiger partial charge in [-0.2, -0.15) is 0 Å². The molecule has 3 heteroatoms. The van der Waals surface area contributed by atoms with Crippen molar-refractivity contribution in [2.24, 2.45) is 5.92 Å². The van der Waals surface area contributed by atoms with Crippen molar-refractivity contribution in [1.82, 2.24) is 5.32 Å². The lowest BCUT2D eigenvalue weighted by Crippen LogP contribution is -2.22. The Morgan fingerprint density at radius 1 is 1.20 bits per heavy atom. The summed E-state index contributed by atoms with van der Waals surface area (Å²) in [5, 5.41) is 11.9. The highest BCUT2D eigenvalue weighted by Crippen LogP contribution is 2.23. The van der Waals surface area contributed by atoms with Gasteiger partial charge in [-0.25, -0.2) is 0 Å². The first-order valence-corrected chi connectivity index (χ1v) is 6.21. The molecule has 0 radical (unpaired) electrons. The van der Waals surface area contributed by atoms with E-state index in [1.165, 1.54) is 32.2 Å². The second-order valence-electron chi connectivity index (χ2n) is 4.56. The molecule has 1 saturated carbocycles. The van der Waals surface area contributed by atoms with E-state index in [0.29, 0.717) is 6.42 Å². The lowest BCUT2D eigenvalue weighted by molar-refractivity contribution is -0.137. The molecule has 0 heterocycles. The Kier molecular flexibility index (Phi) is 6.41. The maximum absolute atomic E-state index is 10.2. The normalized spacial score (nSPS) is 17.1. The molecule has 1 aliphatic rings. The number of carboxylic acids is 1. The molecule has 0 aromatic heterocycles. The third-order valence-electron chi connectivity index (χ3n) is 3.15. The van der Waals surface area contributed by atoms with Gasteiger partial charge in [0.25, 0.3) is 0 Å². The summed E-state index contributed by atoms with van der Waals surface area (Å²) in [5.41, 5.74) is 0. The molecule has 0 unspecified atom stereocenters. The molecule has 15 heavy (non-hydrogen) atoms. The van der Waals surface area contributed by atoms with Gasteiger partial charge in [-0.3, -0.25) is 4.79 Å². The molecule has 0 atom stereocenters. The fourth-order valence-electron chi connectivity index (χ4n) is 2.22. The van der Waals surface area contributed by atoms with Gasteiger partial charge >= 0.3 is 5.97 Å². The molecule has 0 bridgehead atoms. The number of carbonyl (C=O) groups is 1. The zero-order valence-corrected chi connectivity index (χ0v) is 9.50. The van der Waals surface area contributed by atoms with Gasteiger partial charge in [-0.05, 0) is 44.7 Å². The highest BCUT2D eigenvalue weighted by Gasteiger charge is 2.13. The summed E-state index contributed by atoms with van der Waals surface area (Å²) < 4.78 is 0. The van der Waals surface area contributed by atoms with E-state index in [2.05, 4.69) is 5.32 Å². The summed E-state index contributed by atoms with van der Waals surface area (Å²) in [6.45, 7) is 2.22. The zero-order valence-electron chi connectivity index (χ0n) is 9.50. The largest absolute Gasteiger partial charge is 0.481 e. The third kappa shape index (κ3) is 6.50. The van der Waals surface area contributed by atoms with Crippen molar-refractivity contribution in [1.29, 1.82) is 0 Å². The SMILES string of the molecule is O=C(O)CCCCCNCC1CCCC1. The Labute approximate surface area is 92.3 Å². The summed E-state index contributed by atoms with van der Waals surface area (Å²) in [7, 11) is 0. The molecule has 0 aliphatic heterocycles. The van der Waals surface area contributed by atoms with Gasteiger partial charge in [0.15, 0.2) is 0 Å². The third-order valence-corrected chi connectivity index (χ3v) is 3.15. The van der Waals surface area contributed by atoms with E-state index in [1.54, 1.807) is 0 Å². The number of rotatable bonds is 8. The zero-order chi connectivity index (χ0) is 10.9. The Balaban J connectivity index is 1.78. The number of unbranched alkanes of at least 4 members (excludes halogenated alkanes) is 2. The summed E-state index contributed by atoms with van der Waals surface area (Å²) in [6.07, 6.45) is 8.89. The maximum Gasteiger partial charge on any atom is 0.303 e. The van der Waals surface area contributed by atoms with Gasteiger partial charge in [0.1, 0.15) is 0 Å². The molecular weight excluding hydrogens is 190 g/mol. The van der Waals surface area contributed by atoms with Crippen LogP contribution in [0.2, 0.25) is 0 Å². The molecular formula is C12H23NO2. The molecule has 1 rings (SSSR count). The van der Waals surface area contributed by atoms with Gasteiger partial charge in [0.05, 0.1) is 0 Å². The van der Waals surface area contributed by atoms with Crippen LogP contribution in [0.25, 0.3) is 0 Å². The minimum absolute atomic E-state index is 0.322. The van der Waals surface area contributed by atoms with Crippen LogP contribution in [-0.4, -0.2) is 24.2 Å². The van der Waals surface area contributed by atoms with Crippen LogP contribution in [0.1, 0.15) is 51.4 Å².